The maximum Gasteiger partial charge on any atom is 0.313 e. The lowest BCUT2D eigenvalue weighted by Crippen LogP contribution is -2.56. The summed E-state index contributed by atoms with van der Waals surface area (Å²) in [7, 11) is 1.61. The van der Waals surface area contributed by atoms with E-state index in [1.165, 1.54) is 0 Å². The SMILES string of the molecule is COCCc1noc(CN2CCC(O)[C@@](Cc3ccccc3)(C(=O)O)C2)n1. The Hall–Kier alpha value is -2.29. The maximum absolute atomic E-state index is 12.2. The summed E-state index contributed by atoms with van der Waals surface area (Å²) in [5.74, 6) is 0.0176. The Bertz CT molecular complexity index is 751. The summed E-state index contributed by atoms with van der Waals surface area (Å²) in [6.45, 7) is 1.65. The molecule has 3 rings (SSSR count). The number of carbonyl (C=O) groups is 1. The quantitative estimate of drug-likeness (QED) is 0.707. The average molecular weight is 375 g/mol. The van der Waals surface area contributed by atoms with Crippen LogP contribution in [0.1, 0.15) is 23.7 Å². The number of rotatable bonds is 8. The number of ether oxygens (including phenoxy) is 1. The maximum atomic E-state index is 12.2. The lowest BCUT2D eigenvalue weighted by atomic mass is 9.73. The number of piperidine rings is 1. The molecule has 0 aliphatic carbocycles. The topological polar surface area (TPSA) is 109 Å². The Morgan fingerprint density at radius 2 is 2.19 bits per heavy atom. The van der Waals surface area contributed by atoms with Crippen LogP contribution in [0.25, 0.3) is 0 Å². The minimum absolute atomic E-state index is 0.216. The summed E-state index contributed by atoms with van der Waals surface area (Å²) in [5.41, 5.74) is -0.376. The third-order valence-corrected chi connectivity index (χ3v) is 5.05. The van der Waals surface area contributed by atoms with Crippen LogP contribution in [0, 0.1) is 5.41 Å². The third-order valence-electron chi connectivity index (χ3n) is 5.05. The number of methoxy groups -OCH3 is 1. The molecule has 2 N–H and O–H groups in total. The van der Waals surface area contributed by atoms with Gasteiger partial charge in [-0.1, -0.05) is 35.5 Å². The summed E-state index contributed by atoms with van der Waals surface area (Å²) in [5, 5.41) is 24.4. The minimum Gasteiger partial charge on any atom is -0.481 e. The molecule has 146 valence electrons. The first-order valence-electron chi connectivity index (χ1n) is 9.01. The lowest BCUT2D eigenvalue weighted by molar-refractivity contribution is -0.163. The van der Waals surface area contributed by atoms with Crippen LogP contribution in [0.4, 0.5) is 0 Å². The van der Waals surface area contributed by atoms with Crippen molar-refractivity contribution in [3.05, 3.63) is 47.6 Å². The second kappa shape index (κ2) is 8.60. The normalized spacial score (nSPS) is 23.4. The minimum atomic E-state index is -1.27. The first-order valence-corrected chi connectivity index (χ1v) is 9.01. The summed E-state index contributed by atoms with van der Waals surface area (Å²) >= 11 is 0. The van der Waals surface area contributed by atoms with Gasteiger partial charge in [-0.3, -0.25) is 9.69 Å². The summed E-state index contributed by atoms with van der Waals surface area (Å²) in [4.78, 5) is 18.4. The van der Waals surface area contributed by atoms with Gasteiger partial charge in [0.25, 0.3) is 0 Å². The van der Waals surface area contributed by atoms with Gasteiger partial charge >= 0.3 is 5.97 Å². The first kappa shape index (κ1) is 19.5. The van der Waals surface area contributed by atoms with Crippen LogP contribution in [0.3, 0.4) is 0 Å². The number of hydrogen-bond acceptors (Lipinski definition) is 7. The van der Waals surface area contributed by atoms with Crippen molar-refractivity contribution in [3.63, 3.8) is 0 Å². The van der Waals surface area contributed by atoms with E-state index in [0.29, 0.717) is 44.3 Å². The Balaban J connectivity index is 1.73. The number of carboxylic acids is 1. The van der Waals surface area contributed by atoms with E-state index < -0.39 is 17.5 Å². The molecule has 0 amide bonds. The average Bonchev–Trinajstić information content (AvgIpc) is 3.10. The van der Waals surface area contributed by atoms with Gasteiger partial charge in [0.05, 0.1) is 19.3 Å². The zero-order chi connectivity index (χ0) is 19.3. The Labute approximate surface area is 157 Å². The number of nitrogens with zero attached hydrogens (tertiary/aromatic N) is 3. The van der Waals surface area contributed by atoms with Crippen LogP contribution in [-0.4, -0.2) is 64.1 Å². The second-order valence-electron chi connectivity index (χ2n) is 6.99. The van der Waals surface area contributed by atoms with Crippen LogP contribution in [-0.2, 0) is 28.9 Å². The summed E-state index contributed by atoms with van der Waals surface area (Å²) in [6.07, 6.45) is 0.297. The molecule has 0 saturated carbocycles. The standard InChI is InChI=1S/C19H25N3O5/c1-26-10-8-16-20-17(27-21-16)12-22-9-7-15(23)19(13-22,18(24)25)11-14-5-3-2-4-6-14/h2-6,15,23H,7-13H2,1H3,(H,24,25)/t15?,19-/m0/s1. The van der Waals surface area contributed by atoms with Crippen LogP contribution in [0.5, 0.6) is 0 Å². The smallest absolute Gasteiger partial charge is 0.313 e. The molecule has 0 bridgehead atoms. The van der Waals surface area contributed by atoms with Crippen molar-refractivity contribution in [2.75, 3.05) is 26.8 Å². The van der Waals surface area contributed by atoms with Crippen molar-refractivity contribution >= 4 is 5.97 Å². The van der Waals surface area contributed by atoms with Gasteiger partial charge in [-0.15, -0.1) is 0 Å². The van der Waals surface area contributed by atoms with Gasteiger partial charge in [0, 0.05) is 26.6 Å². The largest absolute Gasteiger partial charge is 0.481 e. The van der Waals surface area contributed by atoms with Crippen molar-refractivity contribution in [2.24, 2.45) is 5.41 Å². The molecular formula is C19H25N3O5. The van der Waals surface area contributed by atoms with Crippen LogP contribution >= 0.6 is 0 Å². The van der Waals surface area contributed by atoms with Gasteiger partial charge in [-0.2, -0.15) is 4.98 Å². The number of benzene rings is 1. The molecule has 2 heterocycles. The van der Waals surface area contributed by atoms with Gasteiger partial charge in [0.1, 0.15) is 5.41 Å². The van der Waals surface area contributed by atoms with Gasteiger partial charge in [0.2, 0.25) is 5.89 Å². The predicted molar refractivity (Wildman–Crippen MR) is 96.0 cm³/mol. The highest BCUT2D eigenvalue weighted by Gasteiger charge is 2.49. The Morgan fingerprint density at radius 1 is 1.41 bits per heavy atom. The Morgan fingerprint density at radius 3 is 2.89 bits per heavy atom. The molecule has 1 aromatic heterocycles. The molecule has 1 fully saturated rings. The van der Waals surface area contributed by atoms with E-state index in [-0.39, 0.29) is 13.0 Å². The highest BCUT2D eigenvalue weighted by atomic mass is 16.5. The molecular weight excluding hydrogens is 350 g/mol. The predicted octanol–water partition coefficient (Wildman–Crippen LogP) is 1.14. The van der Waals surface area contributed by atoms with E-state index in [1.807, 2.05) is 35.2 Å². The molecule has 2 aromatic rings. The van der Waals surface area contributed by atoms with E-state index in [9.17, 15) is 15.0 Å². The molecule has 27 heavy (non-hydrogen) atoms. The Kier molecular flexibility index (Phi) is 6.20. The molecule has 8 nitrogen and oxygen atoms in total. The molecule has 1 unspecified atom stereocenters. The number of aliphatic hydroxyl groups excluding tert-OH is 1. The van der Waals surface area contributed by atoms with E-state index in [1.54, 1.807) is 7.11 Å². The van der Waals surface area contributed by atoms with Gasteiger partial charge < -0.3 is 19.5 Å². The van der Waals surface area contributed by atoms with E-state index in [0.717, 1.165) is 5.56 Å². The number of hydrogen-bond donors (Lipinski definition) is 2. The molecule has 0 radical (unpaired) electrons. The highest BCUT2D eigenvalue weighted by molar-refractivity contribution is 5.76. The summed E-state index contributed by atoms with van der Waals surface area (Å²) < 4.78 is 10.3. The van der Waals surface area contributed by atoms with Crippen molar-refractivity contribution in [3.8, 4) is 0 Å². The molecule has 0 spiro atoms. The van der Waals surface area contributed by atoms with Crippen LogP contribution < -0.4 is 0 Å². The van der Waals surface area contributed by atoms with Gasteiger partial charge in [-0.25, -0.2) is 0 Å². The van der Waals surface area contributed by atoms with Gasteiger partial charge in [0.15, 0.2) is 5.82 Å². The fourth-order valence-electron chi connectivity index (χ4n) is 3.56. The molecule has 1 aromatic carbocycles. The third kappa shape index (κ3) is 4.52. The van der Waals surface area contributed by atoms with Crippen molar-refractivity contribution in [1.29, 1.82) is 0 Å². The fourth-order valence-corrected chi connectivity index (χ4v) is 3.56. The van der Waals surface area contributed by atoms with Gasteiger partial charge in [-0.05, 0) is 18.4 Å². The monoisotopic (exact) mass is 375 g/mol. The zero-order valence-electron chi connectivity index (χ0n) is 15.4. The number of carboxylic acid groups (broad SMARTS) is 1. The van der Waals surface area contributed by atoms with Crippen molar-refractivity contribution < 1.29 is 24.3 Å². The van der Waals surface area contributed by atoms with Crippen LogP contribution in [0.2, 0.25) is 0 Å². The first-order chi connectivity index (χ1) is 13.0. The van der Waals surface area contributed by atoms with E-state index in [2.05, 4.69) is 10.1 Å². The molecule has 1 aliphatic rings. The second-order valence-corrected chi connectivity index (χ2v) is 6.99. The number of aliphatic carboxylic acids is 1. The molecule has 1 saturated heterocycles. The number of aliphatic hydroxyl groups is 1. The molecule has 2 atom stereocenters. The van der Waals surface area contributed by atoms with Crippen molar-refractivity contribution in [2.45, 2.75) is 31.9 Å². The number of aromatic nitrogens is 2. The molecule has 1 aliphatic heterocycles. The van der Waals surface area contributed by atoms with Crippen LogP contribution in [0.15, 0.2) is 34.9 Å². The number of likely N-dealkylation sites (tertiary alicyclic amines) is 1. The summed E-state index contributed by atoms with van der Waals surface area (Å²) in [6, 6.07) is 9.40. The lowest BCUT2D eigenvalue weighted by Gasteiger charge is -2.43. The van der Waals surface area contributed by atoms with E-state index in [4.69, 9.17) is 9.26 Å². The van der Waals surface area contributed by atoms with E-state index >= 15 is 0 Å². The highest BCUT2D eigenvalue weighted by Crippen LogP contribution is 2.35. The molecule has 8 heteroatoms. The fraction of sp³-hybridized carbons (Fsp3) is 0.526. The zero-order valence-corrected chi connectivity index (χ0v) is 15.4. The van der Waals surface area contributed by atoms with Crippen molar-refractivity contribution in [1.82, 2.24) is 15.0 Å².